The first-order chi connectivity index (χ1) is 11.0. The van der Waals surface area contributed by atoms with Crippen molar-refractivity contribution in [3.05, 3.63) is 30.3 Å². The van der Waals surface area contributed by atoms with Crippen LogP contribution in [0.4, 0.5) is 0 Å². The standard InChI is InChI=1S/C16H25N3O2S2/c1-3-23(20,21)12-11-18-15(17-2)19-13-16(9-10-16)22-14-7-5-4-6-8-14/h4-8H,3,9-13H2,1-2H3,(H2,17,18,19). The van der Waals surface area contributed by atoms with Crippen molar-refractivity contribution in [2.45, 2.75) is 29.4 Å². The fourth-order valence-electron chi connectivity index (χ4n) is 2.13. The minimum Gasteiger partial charge on any atom is -0.355 e. The zero-order chi connectivity index (χ0) is 16.8. The molecule has 0 unspecified atom stereocenters. The molecule has 0 amide bonds. The minimum atomic E-state index is -2.94. The van der Waals surface area contributed by atoms with Crippen LogP contribution in [0, 0.1) is 0 Å². The van der Waals surface area contributed by atoms with Crippen molar-refractivity contribution in [3.63, 3.8) is 0 Å². The van der Waals surface area contributed by atoms with Crippen molar-refractivity contribution in [2.75, 3.05) is 31.6 Å². The molecule has 1 aliphatic carbocycles. The molecule has 2 N–H and O–H groups in total. The van der Waals surface area contributed by atoms with E-state index in [-0.39, 0.29) is 16.3 Å². The molecule has 0 heterocycles. The van der Waals surface area contributed by atoms with E-state index in [1.807, 2.05) is 17.8 Å². The maximum atomic E-state index is 11.5. The van der Waals surface area contributed by atoms with Gasteiger partial charge in [-0.1, -0.05) is 25.1 Å². The topological polar surface area (TPSA) is 70.6 Å². The quantitative estimate of drug-likeness (QED) is 0.551. The van der Waals surface area contributed by atoms with Crippen LogP contribution in [0.2, 0.25) is 0 Å². The maximum Gasteiger partial charge on any atom is 0.191 e. The smallest absolute Gasteiger partial charge is 0.191 e. The van der Waals surface area contributed by atoms with Crippen LogP contribution in [-0.4, -0.2) is 50.8 Å². The monoisotopic (exact) mass is 355 g/mol. The Balaban J connectivity index is 1.77. The van der Waals surface area contributed by atoms with E-state index in [1.165, 1.54) is 17.7 Å². The predicted octanol–water partition coefficient (Wildman–Crippen LogP) is 1.91. The SMILES string of the molecule is CCS(=O)(=O)CCNC(=NC)NCC1(Sc2ccccc2)CC1. The van der Waals surface area contributed by atoms with Gasteiger partial charge in [-0.05, 0) is 25.0 Å². The van der Waals surface area contributed by atoms with Crippen molar-refractivity contribution < 1.29 is 8.42 Å². The number of sulfone groups is 1. The van der Waals surface area contributed by atoms with Crippen molar-refractivity contribution in [1.82, 2.24) is 10.6 Å². The lowest BCUT2D eigenvalue weighted by atomic mass is 10.4. The normalized spacial score (nSPS) is 16.9. The van der Waals surface area contributed by atoms with Crippen molar-refractivity contribution in [1.29, 1.82) is 0 Å². The van der Waals surface area contributed by atoms with E-state index in [9.17, 15) is 8.42 Å². The molecule has 1 aromatic carbocycles. The average molecular weight is 356 g/mol. The van der Waals surface area contributed by atoms with Crippen LogP contribution in [0.3, 0.4) is 0 Å². The molecular weight excluding hydrogens is 330 g/mol. The van der Waals surface area contributed by atoms with E-state index >= 15 is 0 Å². The summed E-state index contributed by atoms with van der Waals surface area (Å²) in [5.74, 6) is 0.974. The van der Waals surface area contributed by atoms with E-state index in [0.29, 0.717) is 12.5 Å². The highest BCUT2D eigenvalue weighted by molar-refractivity contribution is 8.01. The Morgan fingerprint density at radius 3 is 2.52 bits per heavy atom. The van der Waals surface area contributed by atoms with E-state index in [4.69, 9.17) is 0 Å². The number of hydrogen-bond acceptors (Lipinski definition) is 4. The Kier molecular flexibility index (Phi) is 6.35. The fourth-order valence-corrected chi connectivity index (χ4v) is 4.07. The number of guanidine groups is 1. The molecule has 128 valence electrons. The molecule has 0 saturated heterocycles. The summed E-state index contributed by atoms with van der Waals surface area (Å²) in [4.78, 5) is 5.44. The highest BCUT2D eigenvalue weighted by Gasteiger charge is 2.43. The Morgan fingerprint density at radius 1 is 1.26 bits per heavy atom. The Labute approximate surface area is 143 Å². The third-order valence-electron chi connectivity index (χ3n) is 3.83. The second kappa shape index (κ2) is 8.06. The van der Waals surface area contributed by atoms with Gasteiger partial charge in [-0.15, -0.1) is 11.8 Å². The molecule has 1 saturated carbocycles. The molecule has 1 aromatic rings. The second-order valence-corrected chi connectivity index (χ2v) is 9.70. The molecule has 2 rings (SSSR count). The number of aliphatic imine (C=N–C) groups is 1. The number of benzene rings is 1. The molecule has 0 radical (unpaired) electrons. The Morgan fingerprint density at radius 2 is 1.96 bits per heavy atom. The van der Waals surface area contributed by atoms with Crippen molar-refractivity contribution in [2.24, 2.45) is 4.99 Å². The van der Waals surface area contributed by atoms with E-state index in [0.717, 1.165) is 6.54 Å². The lowest BCUT2D eigenvalue weighted by Crippen LogP contribution is -2.42. The first-order valence-corrected chi connectivity index (χ1v) is 10.5. The largest absolute Gasteiger partial charge is 0.355 e. The summed E-state index contributed by atoms with van der Waals surface area (Å²) < 4.78 is 23.2. The van der Waals surface area contributed by atoms with E-state index < -0.39 is 9.84 Å². The number of nitrogens with zero attached hydrogens (tertiary/aromatic N) is 1. The third kappa shape index (κ3) is 6.06. The summed E-state index contributed by atoms with van der Waals surface area (Å²) in [5, 5.41) is 6.39. The molecule has 1 aliphatic rings. The molecular formula is C16H25N3O2S2. The van der Waals surface area contributed by atoms with Crippen LogP contribution in [0.25, 0.3) is 0 Å². The van der Waals surface area contributed by atoms with Gasteiger partial charge in [0, 0.05) is 35.5 Å². The first-order valence-electron chi connectivity index (χ1n) is 7.88. The number of nitrogens with one attached hydrogen (secondary N) is 2. The fraction of sp³-hybridized carbons (Fsp3) is 0.562. The van der Waals surface area contributed by atoms with Gasteiger partial charge in [-0.2, -0.15) is 0 Å². The van der Waals surface area contributed by atoms with Gasteiger partial charge in [0.1, 0.15) is 0 Å². The third-order valence-corrected chi connectivity index (χ3v) is 7.03. The second-order valence-electron chi connectivity index (χ2n) is 5.69. The minimum absolute atomic E-state index is 0.133. The predicted molar refractivity (Wildman–Crippen MR) is 98.0 cm³/mol. The number of rotatable bonds is 8. The van der Waals surface area contributed by atoms with Gasteiger partial charge in [0.25, 0.3) is 0 Å². The lowest BCUT2D eigenvalue weighted by Gasteiger charge is -2.18. The molecule has 23 heavy (non-hydrogen) atoms. The molecule has 0 bridgehead atoms. The average Bonchev–Trinajstić information content (AvgIpc) is 3.31. The summed E-state index contributed by atoms with van der Waals surface area (Å²) >= 11 is 1.90. The lowest BCUT2D eigenvalue weighted by molar-refractivity contribution is 0.595. The molecule has 0 spiro atoms. The molecule has 0 atom stereocenters. The van der Waals surface area contributed by atoms with Crippen LogP contribution >= 0.6 is 11.8 Å². The van der Waals surface area contributed by atoms with Gasteiger partial charge in [0.05, 0.1) is 5.75 Å². The number of thioether (sulfide) groups is 1. The van der Waals surface area contributed by atoms with Gasteiger partial charge in [0.2, 0.25) is 0 Å². The van der Waals surface area contributed by atoms with Crippen molar-refractivity contribution >= 4 is 27.6 Å². The van der Waals surface area contributed by atoms with Gasteiger partial charge >= 0.3 is 0 Å². The highest BCUT2D eigenvalue weighted by Crippen LogP contribution is 2.51. The number of hydrogen-bond donors (Lipinski definition) is 2. The van der Waals surface area contributed by atoms with Crippen LogP contribution in [-0.2, 0) is 9.84 Å². The van der Waals surface area contributed by atoms with Crippen LogP contribution < -0.4 is 10.6 Å². The van der Waals surface area contributed by atoms with E-state index in [2.05, 4.69) is 39.9 Å². The molecule has 0 aliphatic heterocycles. The van der Waals surface area contributed by atoms with E-state index in [1.54, 1.807) is 14.0 Å². The molecule has 7 heteroatoms. The Bertz CT molecular complexity index is 626. The summed E-state index contributed by atoms with van der Waals surface area (Å²) in [7, 11) is -1.24. The summed E-state index contributed by atoms with van der Waals surface area (Å²) in [6, 6.07) is 10.4. The van der Waals surface area contributed by atoms with Crippen LogP contribution in [0.1, 0.15) is 19.8 Å². The maximum absolute atomic E-state index is 11.5. The molecule has 5 nitrogen and oxygen atoms in total. The van der Waals surface area contributed by atoms with Gasteiger partial charge in [-0.25, -0.2) is 8.42 Å². The zero-order valence-electron chi connectivity index (χ0n) is 13.7. The Hall–Kier alpha value is -1.21. The summed E-state index contributed by atoms with van der Waals surface area (Å²) in [6.45, 7) is 2.88. The van der Waals surface area contributed by atoms with Crippen molar-refractivity contribution in [3.8, 4) is 0 Å². The van der Waals surface area contributed by atoms with Crippen LogP contribution in [0.5, 0.6) is 0 Å². The van der Waals surface area contributed by atoms with Gasteiger partial charge < -0.3 is 10.6 Å². The summed E-state index contributed by atoms with van der Waals surface area (Å²) in [5.41, 5.74) is 0. The van der Waals surface area contributed by atoms with Crippen LogP contribution in [0.15, 0.2) is 40.2 Å². The zero-order valence-corrected chi connectivity index (χ0v) is 15.3. The summed E-state index contributed by atoms with van der Waals surface area (Å²) in [6.07, 6.45) is 2.36. The molecule has 1 fully saturated rings. The highest BCUT2D eigenvalue weighted by atomic mass is 32.2. The van der Waals surface area contributed by atoms with Gasteiger partial charge in [-0.3, -0.25) is 4.99 Å². The van der Waals surface area contributed by atoms with Gasteiger partial charge in [0.15, 0.2) is 15.8 Å². The molecule has 0 aromatic heterocycles. The first kappa shape index (κ1) is 18.1.